The molecule has 0 saturated carbocycles. The molecule has 0 atom stereocenters. The Labute approximate surface area is 400 Å². The van der Waals surface area contributed by atoms with Gasteiger partial charge in [0.05, 0.1) is 0 Å². The monoisotopic (exact) mass is 912 g/mol. The van der Waals surface area contributed by atoms with E-state index in [1.165, 1.54) is 45.1 Å². The Morgan fingerprint density at radius 3 is 0.943 bits per heavy atom. The van der Waals surface area contributed by atoms with Crippen molar-refractivity contribution in [3.63, 3.8) is 0 Å². The maximum atomic E-state index is 9.00. The van der Waals surface area contributed by atoms with Crippen molar-refractivity contribution in [3.8, 4) is 0 Å². The molecule has 0 aromatic heterocycles. The molecule has 9 radical (unpaired) electrons. The van der Waals surface area contributed by atoms with Gasteiger partial charge in [-0.15, -0.1) is 0 Å². The van der Waals surface area contributed by atoms with Crippen LogP contribution in [0.3, 0.4) is 0 Å². The molecule has 0 unspecified atom stereocenters. The SMILES string of the molecule is C.C.CO.CO[Si](OC)(OC)OC.C[O][Al].C[O][Al]([O]C)[O]C.O.O.O.O=BB(O)O.O=BB(O)O.OB(O)B1CO1.O[SiH2].[3HH].[Al].[B][O][AlH].[Na+].[Na+].[OH-].[OH3+].[OH3+]. The van der Waals surface area contributed by atoms with Crippen LogP contribution in [0.15, 0.2) is 0 Å². The largest absolute Gasteiger partial charge is 1.00 e. The van der Waals surface area contributed by atoms with Crippen LogP contribution in [0.2, 0.25) is 0 Å². The molecular weight excluding hydrogens is 846 g/mol. The predicted molar refractivity (Wildman–Crippen MR) is 205 cm³/mol. The summed E-state index contributed by atoms with van der Waals surface area (Å²) >= 11 is 1.66. The van der Waals surface area contributed by atoms with Gasteiger partial charge in [-0.2, -0.15) is 0 Å². The van der Waals surface area contributed by atoms with Crippen LogP contribution in [-0.2, 0) is 61.6 Å². The van der Waals surface area contributed by atoms with E-state index in [4.69, 9.17) is 78.5 Å². The van der Waals surface area contributed by atoms with Crippen molar-refractivity contribution in [2.45, 2.75) is 14.9 Å². The van der Waals surface area contributed by atoms with E-state index < -0.39 is 45.2 Å². The van der Waals surface area contributed by atoms with E-state index in [1.54, 1.807) is 28.4 Å². The van der Waals surface area contributed by atoms with E-state index in [0.29, 0.717) is 6.51 Å². The fraction of sp³-hybridized carbons (Fsp3) is 1.00. The Morgan fingerprint density at radius 2 is 0.943 bits per heavy atom. The second-order valence-electron chi connectivity index (χ2n) is 5.10. The zero-order valence-corrected chi connectivity index (χ0v) is 42.3. The average molecular weight is 911 g/mol. The number of rotatable bonds is 10. The minimum Gasteiger partial charge on any atom is -0.870 e. The van der Waals surface area contributed by atoms with Crippen molar-refractivity contribution in [1.29, 1.82) is 0 Å². The average Bonchev–Trinajstić information content (AvgIpc) is 3.86. The summed E-state index contributed by atoms with van der Waals surface area (Å²) in [6, 6.07) is 0. The Kier molecular flexibility index (Phi) is 274. The van der Waals surface area contributed by atoms with Crippen molar-refractivity contribution in [2.75, 3.05) is 70.5 Å². The van der Waals surface area contributed by atoms with E-state index in [2.05, 4.69) is 36.8 Å². The summed E-state index contributed by atoms with van der Waals surface area (Å²) in [6.07, 6.45) is 0. The van der Waals surface area contributed by atoms with Gasteiger partial charge in [0, 0.05) is 89.3 Å². The molecule has 53 heavy (non-hydrogen) atoms. The maximum absolute atomic E-state index is 9.00. The standard InChI is InChI=1S/C4H12O4Si.CH4B2O3.CH4O.4CH3O.2CH4.4Al.2B2H2O3.BO.2Na.H3OSi.6H2O.H2.H/c1-5-9(6-2,7-3)8-4;4-3(5)2-1-6-2;5*1-2;;;;;;;2*3-1-2(4)5;1-2;;;1-2;;;;;;;;/h1-4H3;4-5H,1H2;2H,1H3;4*1H3;2*1H4;;;;;2*4-5H;;;;1H,2H2;6*1H2;1H;/q;;;4*-1;;;;2*+1;+3;;;-1;2*+1;;;;;;;;;/p+1/i;;;;;;;;;;;;;;;;;;;;;;;;;1+2;. The molecule has 0 spiro atoms. The fourth-order valence-corrected chi connectivity index (χ4v) is 2.59. The van der Waals surface area contributed by atoms with Gasteiger partial charge in [0.2, 0.25) is 8.05 Å². The zero-order chi connectivity index (χ0) is 35.6. The smallest absolute Gasteiger partial charge is 0.870 e. The van der Waals surface area contributed by atoms with Gasteiger partial charge >= 0.3 is 188 Å². The Balaban J connectivity index is -0.0000000134. The molecule has 21 N–H and O–H groups in total. The maximum Gasteiger partial charge on any atom is 1.00 e. The Morgan fingerprint density at radius 1 is 0.792 bits per heavy atom. The first-order valence-electron chi connectivity index (χ1n) is 10.3. The molecule has 0 aliphatic carbocycles. The van der Waals surface area contributed by atoms with Gasteiger partial charge in [0.1, 0.15) is 0 Å². The third-order valence-corrected chi connectivity index (χ3v) is 5.67. The molecule has 1 aliphatic heterocycles. The van der Waals surface area contributed by atoms with Crippen LogP contribution in [0, 0.1) is 0 Å². The summed E-state index contributed by atoms with van der Waals surface area (Å²) < 4.78 is 64.1. The van der Waals surface area contributed by atoms with Crippen LogP contribution < -0.4 is 59.1 Å². The van der Waals surface area contributed by atoms with Crippen molar-refractivity contribution >= 4 is 135 Å². The normalized spacial score (nSPS) is 7.25. The second-order valence-corrected chi connectivity index (χ2v) is 10.5. The zero-order valence-electron chi connectivity index (χ0n) is 31.0. The molecular formula is C12H63Al4B7Na2O26Si2+3. The van der Waals surface area contributed by atoms with Gasteiger partial charge in [-0.1, -0.05) is 14.9 Å². The van der Waals surface area contributed by atoms with Crippen LogP contribution in [0.4, 0.5) is 0 Å². The van der Waals surface area contributed by atoms with Crippen LogP contribution >= 0.6 is 0 Å². The molecule has 1 rings (SSSR count). The quantitative estimate of drug-likeness (QED) is 0.0573. The fourth-order valence-electron chi connectivity index (χ4n) is 1.02. The van der Waals surface area contributed by atoms with Crippen molar-refractivity contribution in [2.24, 2.45) is 0 Å². The van der Waals surface area contributed by atoms with E-state index in [-0.39, 0.29) is 147 Å². The molecule has 0 aromatic carbocycles. The molecule has 1 heterocycles. The molecule has 26 nitrogen and oxygen atoms in total. The van der Waals surface area contributed by atoms with Gasteiger partial charge in [-0.05, 0) is 0 Å². The van der Waals surface area contributed by atoms with E-state index in [1.807, 2.05) is 0 Å². The van der Waals surface area contributed by atoms with Crippen LogP contribution in [0.5, 0.6) is 0 Å². The summed E-state index contributed by atoms with van der Waals surface area (Å²) in [5.74, 6) is 0. The number of hydrogen-bond acceptors (Lipinski definition) is 21. The van der Waals surface area contributed by atoms with Gasteiger partial charge < -0.3 is 94.0 Å². The molecule has 41 heteroatoms. The predicted octanol–water partition coefficient (Wildman–Crippen LogP) is -18.6. The third-order valence-electron chi connectivity index (χ3n) is 2.51. The van der Waals surface area contributed by atoms with E-state index in [0.717, 1.165) is 17.6 Å². The molecule has 1 aliphatic rings. The summed E-state index contributed by atoms with van der Waals surface area (Å²) in [7, 11) is 11.0. The first kappa shape index (κ1) is 124. The van der Waals surface area contributed by atoms with Crippen LogP contribution in [0.1, 0.15) is 16.3 Å². The summed E-state index contributed by atoms with van der Waals surface area (Å²) in [5, 5.41) is 53.4. The summed E-state index contributed by atoms with van der Waals surface area (Å²) in [4.78, 5) is 7.03. The van der Waals surface area contributed by atoms with Gasteiger partial charge in [0.15, 0.2) is 10.5 Å². The Bertz CT molecular complexity index is 452. The van der Waals surface area contributed by atoms with Gasteiger partial charge in [0.25, 0.3) is 0 Å². The molecule has 307 valence electrons. The second kappa shape index (κ2) is 117. The van der Waals surface area contributed by atoms with E-state index in [9.17, 15) is 0 Å². The topological polar surface area (TPSA) is 482 Å². The molecule has 1 saturated heterocycles. The number of aliphatic hydroxyl groups is 1. The van der Waals surface area contributed by atoms with Crippen LogP contribution in [0.25, 0.3) is 0 Å². The minimum atomic E-state index is -2.69. The van der Waals surface area contributed by atoms with Crippen molar-refractivity contribution in [1.82, 2.24) is 0 Å². The molecule has 0 bridgehead atoms. The number of aliphatic hydroxyl groups excluding tert-OH is 1. The van der Waals surface area contributed by atoms with Crippen LogP contribution in [-0.4, -0.2) is 268 Å². The minimum absolute atomic E-state index is 0. The summed E-state index contributed by atoms with van der Waals surface area (Å²) in [6.45, 7) is 0.211. The molecule has 0 amide bonds. The first-order valence-corrected chi connectivity index (χ1v) is 15.0. The molecule has 1 fully saturated rings. The van der Waals surface area contributed by atoms with Crippen molar-refractivity contribution in [3.05, 3.63) is 0 Å². The van der Waals surface area contributed by atoms with E-state index >= 15 is 0 Å². The van der Waals surface area contributed by atoms with Gasteiger partial charge in [-0.25, -0.2) is 0 Å². The molecule has 0 aromatic rings. The summed E-state index contributed by atoms with van der Waals surface area (Å²) in [5.41, 5.74) is 0. The van der Waals surface area contributed by atoms with Gasteiger partial charge in [-0.3, -0.25) is 0 Å². The Hall–Kier alpha value is 3.66. The third kappa shape index (κ3) is 150. The number of hydrogen-bond donors (Lipinski definition) is 8. The first-order chi connectivity index (χ1) is 19.8. The van der Waals surface area contributed by atoms with Crippen molar-refractivity contribution < 1.29 is 184 Å².